The maximum atomic E-state index is 12.8. The van der Waals surface area contributed by atoms with Crippen LogP contribution in [0.1, 0.15) is 29.9 Å². The second-order valence-electron chi connectivity index (χ2n) is 5.41. The number of nitrogens with zero attached hydrogens (tertiary/aromatic N) is 1. The van der Waals surface area contributed by atoms with Crippen molar-refractivity contribution in [1.82, 2.24) is 5.32 Å². The van der Waals surface area contributed by atoms with Crippen LogP contribution in [0, 0.1) is 11.3 Å². The lowest BCUT2D eigenvalue weighted by molar-refractivity contribution is -0.127. The zero-order chi connectivity index (χ0) is 17.4. The summed E-state index contributed by atoms with van der Waals surface area (Å²) in [5, 5.41) is 11.4. The molecule has 0 aliphatic carbocycles. The minimum Gasteiger partial charge on any atom is -0.368 e. The molecule has 0 spiro atoms. The Balaban J connectivity index is 2.28. The van der Waals surface area contributed by atoms with Gasteiger partial charge in [-0.15, -0.1) is 0 Å². The van der Waals surface area contributed by atoms with Crippen molar-refractivity contribution >= 4 is 11.8 Å². The van der Waals surface area contributed by atoms with E-state index in [4.69, 9.17) is 11.0 Å². The molecule has 0 fully saturated rings. The molecule has 0 aliphatic heterocycles. The molecule has 0 bridgehead atoms. The lowest BCUT2D eigenvalue weighted by Crippen LogP contribution is -2.46. The van der Waals surface area contributed by atoms with Gasteiger partial charge in [0.2, 0.25) is 11.8 Å². The number of primary amides is 1. The Kier molecular flexibility index (Phi) is 6.09. The Bertz CT molecular complexity index is 684. The molecule has 0 unspecified atom stereocenters. The third-order valence-corrected chi connectivity index (χ3v) is 3.73. The predicted octanol–water partition coefficient (Wildman–Crippen LogP) is 2.09. The Morgan fingerprint density at radius 2 is 1.50 bits per heavy atom. The first kappa shape index (κ1) is 17.2. The summed E-state index contributed by atoms with van der Waals surface area (Å²) in [6.07, 6.45) is 0.350. The van der Waals surface area contributed by atoms with Gasteiger partial charge < -0.3 is 11.1 Å². The number of hydrogen-bond donors (Lipinski definition) is 2. The molecular weight excluding hydrogens is 302 g/mol. The SMILES string of the molecule is N#CCC[C@@H](NC(=O)C(c1ccccc1)c1ccccc1)C(N)=O. The lowest BCUT2D eigenvalue weighted by Gasteiger charge is -2.21. The van der Waals surface area contributed by atoms with E-state index in [1.807, 2.05) is 66.7 Å². The van der Waals surface area contributed by atoms with Gasteiger partial charge in [0.15, 0.2) is 0 Å². The van der Waals surface area contributed by atoms with Crippen molar-refractivity contribution in [2.45, 2.75) is 24.8 Å². The largest absolute Gasteiger partial charge is 0.368 e. The summed E-state index contributed by atoms with van der Waals surface area (Å²) in [4.78, 5) is 24.4. The standard InChI is InChI=1S/C19H19N3O2/c20-13-7-12-16(18(21)23)22-19(24)17(14-8-3-1-4-9-14)15-10-5-2-6-11-15/h1-6,8-11,16-17H,7,12H2,(H2,21,23)(H,22,24)/t16-/m1/s1. The van der Waals surface area contributed by atoms with Gasteiger partial charge in [0.25, 0.3) is 0 Å². The second-order valence-corrected chi connectivity index (χ2v) is 5.41. The zero-order valence-corrected chi connectivity index (χ0v) is 13.2. The van der Waals surface area contributed by atoms with Crippen molar-refractivity contribution in [3.05, 3.63) is 71.8 Å². The summed E-state index contributed by atoms with van der Waals surface area (Å²) in [6, 6.07) is 19.8. The predicted molar refractivity (Wildman–Crippen MR) is 90.7 cm³/mol. The molecule has 2 amide bonds. The van der Waals surface area contributed by atoms with Crippen molar-refractivity contribution in [1.29, 1.82) is 5.26 Å². The molecule has 122 valence electrons. The van der Waals surface area contributed by atoms with Crippen LogP contribution in [0.15, 0.2) is 60.7 Å². The molecule has 0 radical (unpaired) electrons. The summed E-state index contributed by atoms with van der Waals surface area (Å²) in [7, 11) is 0. The van der Waals surface area contributed by atoms with Crippen molar-refractivity contribution in [3.8, 4) is 6.07 Å². The lowest BCUT2D eigenvalue weighted by atomic mass is 9.90. The summed E-state index contributed by atoms with van der Waals surface area (Å²) in [5.41, 5.74) is 6.99. The molecular formula is C19H19N3O2. The van der Waals surface area contributed by atoms with Gasteiger partial charge in [0, 0.05) is 6.42 Å². The normalized spacial score (nSPS) is 11.5. The number of amides is 2. The van der Waals surface area contributed by atoms with Gasteiger partial charge in [-0.3, -0.25) is 9.59 Å². The van der Waals surface area contributed by atoms with E-state index in [-0.39, 0.29) is 18.7 Å². The highest BCUT2D eigenvalue weighted by Crippen LogP contribution is 2.25. The third kappa shape index (κ3) is 4.43. The third-order valence-electron chi connectivity index (χ3n) is 3.73. The van der Waals surface area contributed by atoms with Crippen LogP contribution < -0.4 is 11.1 Å². The average Bonchev–Trinajstić information content (AvgIpc) is 2.60. The number of rotatable bonds is 7. The van der Waals surface area contributed by atoms with E-state index in [1.165, 1.54) is 0 Å². The Hall–Kier alpha value is -3.13. The van der Waals surface area contributed by atoms with Gasteiger partial charge in [-0.2, -0.15) is 5.26 Å². The number of hydrogen-bond acceptors (Lipinski definition) is 3. The Labute approximate surface area is 141 Å². The van der Waals surface area contributed by atoms with Crippen LogP contribution in [0.25, 0.3) is 0 Å². The summed E-state index contributed by atoms with van der Waals surface area (Å²) < 4.78 is 0. The molecule has 2 rings (SSSR count). The van der Waals surface area contributed by atoms with Crippen LogP contribution in [0.2, 0.25) is 0 Å². The first-order valence-corrected chi connectivity index (χ1v) is 7.70. The Morgan fingerprint density at radius 1 is 1.00 bits per heavy atom. The fourth-order valence-electron chi connectivity index (χ4n) is 2.54. The van der Waals surface area contributed by atoms with E-state index in [0.717, 1.165) is 11.1 Å². The van der Waals surface area contributed by atoms with E-state index in [9.17, 15) is 9.59 Å². The molecule has 0 heterocycles. The monoisotopic (exact) mass is 321 g/mol. The molecule has 0 aliphatic rings. The van der Waals surface area contributed by atoms with Gasteiger partial charge in [0.1, 0.15) is 6.04 Å². The van der Waals surface area contributed by atoms with Crippen LogP contribution >= 0.6 is 0 Å². The van der Waals surface area contributed by atoms with E-state index in [0.29, 0.717) is 0 Å². The van der Waals surface area contributed by atoms with E-state index >= 15 is 0 Å². The van der Waals surface area contributed by atoms with Crippen molar-refractivity contribution in [3.63, 3.8) is 0 Å². The fourth-order valence-corrected chi connectivity index (χ4v) is 2.54. The van der Waals surface area contributed by atoms with Crippen LogP contribution in [0.3, 0.4) is 0 Å². The van der Waals surface area contributed by atoms with Gasteiger partial charge in [-0.25, -0.2) is 0 Å². The maximum absolute atomic E-state index is 12.8. The summed E-state index contributed by atoms with van der Waals surface area (Å²) in [5.74, 6) is -1.50. The quantitative estimate of drug-likeness (QED) is 0.817. The first-order chi connectivity index (χ1) is 11.6. The maximum Gasteiger partial charge on any atom is 0.240 e. The van der Waals surface area contributed by atoms with Crippen LogP contribution in [-0.4, -0.2) is 17.9 Å². The molecule has 0 aromatic heterocycles. The van der Waals surface area contributed by atoms with Gasteiger partial charge in [-0.05, 0) is 17.5 Å². The van der Waals surface area contributed by atoms with Crippen molar-refractivity contribution in [2.75, 3.05) is 0 Å². The van der Waals surface area contributed by atoms with E-state index < -0.39 is 17.9 Å². The van der Waals surface area contributed by atoms with Crippen LogP contribution in [0.4, 0.5) is 0 Å². The number of carbonyl (C=O) groups is 2. The average molecular weight is 321 g/mol. The molecule has 5 nitrogen and oxygen atoms in total. The molecule has 1 atom stereocenters. The number of benzene rings is 2. The minimum absolute atomic E-state index is 0.148. The first-order valence-electron chi connectivity index (χ1n) is 7.70. The molecule has 0 saturated carbocycles. The molecule has 2 aromatic rings. The van der Waals surface area contributed by atoms with Gasteiger partial charge >= 0.3 is 0 Å². The van der Waals surface area contributed by atoms with Gasteiger partial charge in [0.05, 0.1) is 12.0 Å². The highest BCUT2D eigenvalue weighted by Gasteiger charge is 2.26. The smallest absolute Gasteiger partial charge is 0.240 e. The fraction of sp³-hybridized carbons (Fsp3) is 0.211. The molecule has 24 heavy (non-hydrogen) atoms. The number of nitrogens with one attached hydrogen (secondary N) is 1. The summed E-state index contributed by atoms with van der Waals surface area (Å²) in [6.45, 7) is 0. The van der Waals surface area contributed by atoms with E-state index in [1.54, 1.807) is 0 Å². The summed E-state index contributed by atoms with van der Waals surface area (Å²) >= 11 is 0. The number of nitrogens with two attached hydrogens (primary N) is 1. The van der Waals surface area contributed by atoms with E-state index in [2.05, 4.69) is 5.32 Å². The van der Waals surface area contributed by atoms with Gasteiger partial charge in [-0.1, -0.05) is 60.7 Å². The topological polar surface area (TPSA) is 96.0 Å². The molecule has 2 aromatic carbocycles. The van der Waals surface area contributed by atoms with Crippen LogP contribution in [0.5, 0.6) is 0 Å². The minimum atomic E-state index is -0.855. The highest BCUT2D eigenvalue weighted by atomic mass is 16.2. The van der Waals surface area contributed by atoms with Crippen molar-refractivity contribution in [2.24, 2.45) is 5.73 Å². The Morgan fingerprint density at radius 3 is 1.92 bits per heavy atom. The molecule has 0 saturated heterocycles. The molecule has 3 N–H and O–H groups in total. The second kappa shape index (κ2) is 8.49. The number of nitriles is 1. The van der Waals surface area contributed by atoms with Crippen LogP contribution in [-0.2, 0) is 9.59 Å². The number of carbonyl (C=O) groups excluding carboxylic acids is 2. The zero-order valence-electron chi connectivity index (χ0n) is 13.2. The highest BCUT2D eigenvalue weighted by molar-refractivity contribution is 5.91. The molecule has 5 heteroatoms. The van der Waals surface area contributed by atoms with Crippen molar-refractivity contribution < 1.29 is 9.59 Å².